The van der Waals surface area contributed by atoms with Crippen LogP contribution in [0.1, 0.15) is 25.3 Å². The van der Waals surface area contributed by atoms with Gasteiger partial charge in [-0.1, -0.05) is 0 Å². The van der Waals surface area contributed by atoms with Crippen LogP contribution in [-0.2, 0) is 0 Å². The number of rotatable bonds is 4. The zero-order chi connectivity index (χ0) is 20.0. The van der Waals surface area contributed by atoms with Crippen molar-refractivity contribution in [1.29, 1.82) is 5.26 Å². The molecule has 0 bridgehead atoms. The highest BCUT2D eigenvalue weighted by Gasteiger charge is 2.40. The molecule has 1 saturated carbocycles. The van der Waals surface area contributed by atoms with E-state index in [4.69, 9.17) is 10.5 Å². The zero-order valence-corrected chi connectivity index (χ0v) is 16.3. The Labute approximate surface area is 168 Å². The van der Waals surface area contributed by atoms with Crippen molar-refractivity contribution in [3.63, 3.8) is 0 Å². The molecule has 3 aromatic heterocycles. The average Bonchev–Trinajstić information content (AvgIpc) is 3.40. The van der Waals surface area contributed by atoms with Crippen molar-refractivity contribution in [1.82, 2.24) is 19.6 Å². The topological polar surface area (TPSA) is 105 Å². The van der Waals surface area contributed by atoms with Crippen molar-refractivity contribution in [2.24, 2.45) is 17.6 Å². The van der Waals surface area contributed by atoms with Crippen LogP contribution in [-0.4, -0.2) is 45.3 Å². The quantitative estimate of drug-likeness (QED) is 0.729. The number of nitriles is 1. The lowest BCUT2D eigenvalue weighted by atomic mass is 10.0. The third-order valence-electron chi connectivity index (χ3n) is 6.04. The molecular formula is C21H23N7O. The number of pyridine rings is 1. The SMILES string of the molecule is CCOc1cc(-c2cnc(N3C[C@H]4C[C@H](N)C[C@H]4C3)cn2)c2c(C#N)cnn2c1. The van der Waals surface area contributed by atoms with Crippen molar-refractivity contribution < 1.29 is 4.74 Å². The smallest absolute Gasteiger partial charge is 0.147 e. The fraction of sp³-hybridized carbons (Fsp3) is 0.429. The Balaban J connectivity index is 1.48. The van der Waals surface area contributed by atoms with E-state index in [9.17, 15) is 5.26 Å². The highest BCUT2D eigenvalue weighted by molar-refractivity contribution is 5.83. The predicted octanol–water partition coefficient (Wildman–Crippen LogP) is 2.24. The minimum atomic E-state index is 0.352. The number of aromatic nitrogens is 4. The Morgan fingerprint density at radius 1 is 1.21 bits per heavy atom. The predicted molar refractivity (Wildman–Crippen MR) is 109 cm³/mol. The van der Waals surface area contributed by atoms with E-state index in [1.54, 1.807) is 23.1 Å². The van der Waals surface area contributed by atoms with Crippen LogP contribution in [0.3, 0.4) is 0 Å². The van der Waals surface area contributed by atoms with Gasteiger partial charge in [0.2, 0.25) is 0 Å². The summed E-state index contributed by atoms with van der Waals surface area (Å²) < 4.78 is 7.33. The minimum Gasteiger partial charge on any atom is -0.492 e. The van der Waals surface area contributed by atoms with Crippen LogP contribution >= 0.6 is 0 Å². The van der Waals surface area contributed by atoms with E-state index in [0.717, 1.165) is 37.3 Å². The summed E-state index contributed by atoms with van der Waals surface area (Å²) in [5.41, 5.74) is 8.79. The van der Waals surface area contributed by atoms with E-state index in [2.05, 4.69) is 26.0 Å². The van der Waals surface area contributed by atoms with Crippen molar-refractivity contribution in [3.8, 4) is 23.1 Å². The van der Waals surface area contributed by atoms with Crippen LogP contribution in [0.25, 0.3) is 16.8 Å². The Kier molecular flexibility index (Phi) is 4.32. The molecule has 0 aromatic carbocycles. The first kappa shape index (κ1) is 17.9. The van der Waals surface area contributed by atoms with Gasteiger partial charge in [-0.25, -0.2) is 9.50 Å². The monoisotopic (exact) mass is 389 g/mol. The molecular weight excluding hydrogens is 366 g/mol. The van der Waals surface area contributed by atoms with E-state index < -0.39 is 0 Å². The van der Waals surface area contributed by atoms with Crippen molar-refractivity contribution in [2.45, 2.75) is 25.8 Å². The molecule has 0 unspecified atom stereocenters. The van der Waals surface area contributed by atoms with Crippen LogP contribution in [0.2, 0.25) is 0 Å². The number of anilines is 1. The standard InChI is InChI=1S/C21H23N7O/c1-2-29-17-5-18(21-15(6-22)7-26-28(21)12-17)19-8-25-20(9-24-19)27-10-13-3-16(23)4-14(13)11-27/h5,7-9,12-14,16H,2-4,10-11,23H2,1H3/t13-,14+,16+. The van der Waals surface area contributed by atoms with Crippen LogP contribution in [0.15, 0.2) is 30.9 Å². The van der Waals surface area contributed by atoms with Gasteiger partial charge in [0.05, 0.1) is 48.2 Å². The molecule has 2 N–H and O–H groups in total. The number of ether oxygens (including phenoxy) is 1. The van der Waals surface area contributed by atoms with Gasteiger partial charge in [0.25, 0.3) is 0 Å². The fourth-order valence-electron chi connectivity index (χ4n) is 4.78. The summed E-state index contributed by atoms with van der Waals surface area (Å²) in [5.74, 6) is 2.90. The van der Waals surface area contributed by atoms with Gasteiger partial charge in [0, 0.05) is 24.7 Å². The lowest BCUT2D eigenvalue weighted by molar-refractivity contribution is 0.338. The van der Waals surface area contributed by atoms with E-state index in [1.807, 2.05) is 19.2 Å². The Bertz CT molecular complexity index is 1070. The summed E-state index contributed by atoms with van der Waals surface area (Å²) in [6, 6.07) is 4.45. The summed E-state index contributed by atoms with van der Waals surface area (Å²) in [5, 5.41) is 13.8. The number of nitrogens with zero attached hydrogens (tertiary/aromatic N) is 6. The second kappa shape index (κ2) is 7.01. The molecule has 3 aromatic rings. The molecule has 2 aliphatic rings. The zero-order valence-electron chi connectivity index (χ0n) is 16.3. The molecule has 1 aliphatic carbocycles. The van der Waals surface area contributed by atoms with E-state index >= 15 is 0 Å². The summed E-state index contributed by atoms with van der Waals surface area (Å²) in [6.45, 7) is 4.47. The molecule has 0 spiro atoms. The number of nitrogens with two attached hydrogens (primary N) is 1. The largest absolute Gasteiger partial charge is 0.492 e. The minimum absolute atomic E-state index is 0.352. The van der Waals surface area contributed by atoms with E-state index in [0.29, 0.717) is 47.0 Å². The fourth-order valence-corrected chi connectivity index (χ4v) is 4.78. The molecule has 2 fully saturated rings. The maximum atomic E-state index is 9.47. The van der Waals surface area contributed by atoms with Gasteiger partial charge < -0.3 is 15.4 Å². The second-order valence-electron chi connectivity index (χ2n) is 7.90. The molecule has 0 amide bonds. The Morgan fingerprint density at radius 2 is 2.00 bits per heavy atom. The lowest BCUT2D eigenvalue weighted by Crippen LogP contribution is -2.25. The maximum Gasteiger partial charge on any atom is 0.147 e. The molecule has 8 heteroatoms. The number of hydrogen-bond acceptors (Lipinski definition) is 7. The van der Waals surface area contributed by atoms with Crippen molar-refractivity contribution in [2.75, 3.05) is 24.6 Å². The van der Waals surface area contributed by atoms with E-state index in [1.165, 1.54) is 0 Å². The van der Waals surface area contributed by atoms with Gasteiger partial charge >= 0.3 is 0 Å². The summed E-state index contributed by atoms with van der Waals surface area (Å²) in [6.07, 6.45) is 9.14. The van der Waals surface area contributed by atoms with Crippen molar-refractivity contribution >= 4 is 11.3 Å². The number of hydrogen-bond donors (Lipinski definition) is 1. The summed E-state index contributed by atoms with van der Waals surface area (Å²) >= 11 is 0. The first-order valence-electron chi connectivity index (χ1n) is 10.0. The van der Waals surface area contributed by atoms with Crippen LogP contribution < -0.4 is 15.4 Å². The van der Waals surface area contributed by atoms with Crippen LogP contribution in [0.4, 0.5) is 5.82 Å². The average molecular weight is 389 g/mol. The molecule has 29 heavy (non-hydrogen) atoms. The van der Waals surface area contributed by atoms with Gasteiger partial charge in [0.1, 0.15) is 17.6 Å². The molecule has 1 saturated heterocycles. The van der Waals surface area contributed by atoms with Gasteiger partial charge in [-0.2, -0.15) is 10.4 Å². The highest BCUT2D eigenvalue weighted by Crippen LogP contribution is 2.39. The third kappa shape index (κ3) is 3.08. The molecule has 8 nitrogen and oxygen atoms in total. The number of fused-ring (bicyclic) bond motifs is 2. The maximum absolute atomic E-state index is 9.47. The normalized spacial score (nSPS) is 23.3. The lowest BCUT2D eigenvalue weighted by Gasteiger charge is -2.19. The van der Waals surface area contributed by atoms with Gasteiger partial charge in [-0.3, -0.25) is 4.98 Å². The Hall–Kier alpha value is -3.18. The molecule has 1 aliphatic heterocycles. The van der Waals surface area contributed by atoms with Crippen molar-refractivity contribution in [3.05, 3.63) is 36.4 Å². The molecule has 5 rings (SSSR count). The Morgan fingerprint density at radius 3 is 2.66 bits per heavy atom. The third-order valence-corrected chi connectivity index (χ3v) is 6.04. The molecule has 4 heterocycles. The molecule has 148 valence electrons. The van der Waals surface area contributed by atoms with E-state index in [-0.39, 0.29) is 0 Å². The second-order valence-corrected chi connectivity index (χ2v) is 7.90. The first-order valence-corrected chi connectivity index (χ1v) is 10.0. The van der Waals surface area contributed by atoms with Crippen LogP contribution in [0.5, 0.6) is 5.75 Å². The summed E-state index contributed by atoms with van der Waals surface area (Å²) in [7, 11) is 0. The van der Waals surface area contributed by atoms with Crippen LogP contribution in [0, 0.1) is 23.2 Å². The molecule has 0 radical (unpaired) electrons. The van der Waals surface area contributed by atoms with Gasteiger partial charge in [-0.15, -0.1) is 0 Å². The highest BCUT2D eigenvalue weighted by atomic mass is 16.5. The summed E-state index contributed by atoms with van der Waals surface area (Å²) in [4.78, 5) is 11.7. The first-order chi connectivity index (χ1) is 14.2. The molecule has 3 atom stereocenters. The van der Waals surface area contributed by atoms with Gasteiger partial charge in [0.15, 0.2) is 0 Å². The van der Waals surface area contributed by atoms with Gasteiger partial charge in [-0.05, 0) is 37.7 Å².